The van der Waals surface area contributed by atoms with Gasteiger partial charge in [0.2, 0.25) is 0 Å². The second-order valence-corrected chi connectivity index (χ2v) is 11.7. The molecule has 2 rings (SSSR count). The number of ether oxygens (including phenoxy) is 1. The first-order valence-electron chi connectivity index (χ1n) is 8.45. The van der Waals surface area contributed by atoms with E-state index in [0.717, 1.165) is 13.3 Å². The summed E-state index contributed by atoms with van der Waals surface area (Å²) in [7, 11) is -13.5. The Morgan fingerprint density at radius 2 is 1.52 bits per heavy atom. The highest BCUT2D eigenvalue weighted by Crippen LogP contribution is 2.45. The van der Waals surface area contributed by atoms with Crippen LogP contribution in [0.1, 0.15) is 32.6 Å². The third kappa shape index (κ3) is 4.89. The summed E-state index contributed by atoms with van der Waals surface area (Å²) in [5.41, 5.74) is -12.5. The maximum Gasteiger partial charge on any atom is 0.498 e. The lowest BCUT2D eigenvalue weighted by atomic mass is 9.91. The third-order valence-corrected chi connectivity index (χ3v) is 9.62. The van der Waals surface area contributed by atoms with Crippen molar-refractivity contribution in [2.75, 3.05) is 0 Å². The molecule has 14 heteroatoms. The molecule has 0 aromatic rings. The minimum Gasteiger partial charge on any atom is -0.463 e. The first-order chi connectivity index (χ1) is 13.0. The maximum atomic E-state index is 12.7. The van der Waals surface area contributed by atoms with Crippen LogP contribution in [0.2, 0.25) is 0 Å². The van der Waals surface area contributed by atoms with Crippen LogP contribution in [0.25, 0.3) is 0 Å². The van der Waals surface area contributed by atoms with Gasteiger partial charge in [0, 0.05) is 12.8 Å². The lowest BCUT2D eigenvalue weighted by Crippen LogP contribution is -2.46. The number of allylic oxidation sites excluding steroid dienone is 2. The van der Waals surface area contributed by atoms with Gasteiger partial charge in [-0.2, -0.15) is 26.3 Å². The van der Waals surface area contributed by atoms with Gasteiger partial charge in [-0.1, -0.05) is 12.2 Å². The fourth-order valence-electron chi connectivity index (χ4n) is 3.65. The Balaban J connectivity index is 2.14. The summed E-state index contributed by atoms with van der Waals surface area (Å²) in [5.74, 6) is -0.630. The molecule has 0 aromatic carbocycles. The second kappa shape index (κ2) is 7.75. The van der Waals surface area contributed by atoms with Gasteiger partial charge in [0.1, 0.15) is 6.10 Å². The minimum atomic E-state index is -6.75. The Morgan fingerprint density at radius 1 is 1.00 bits per heavy atom. The summed E-state index contributed by atoms with van der Waals surface area (Å²) in [6, 6.07) is 0. The normalized spacial score (nSPS) is 26.1. The van der Waals surface area contributed by atoms with E-state index in [2.05, 4.69) is 0 Å². The summed E-state index contributed by atoms with van der Waals surface area (Å²) in [6.07, 6.45) is 1.75. The molecule has 0 aliphatic heterocycles. The predicted octanol–water partition coefficient (Wildman–Crippen LogP) is 3.11. The Labute approximate surface area is 163 Å². The van der Waals surface area contributed by atoms with E-state index in [1.807, 2.05) is 12.2 Å². The Morgan fingerprint density at radius 3 is 1.90 bits per heavy atom. The maximum absolute atomic E-state index is 12.7. The van der Waals surface area contributed by atoms with E-state index in [0.29, 0.717) is 12.3 Å². The summed E-state index contributed by atoms with van der Waals surface area (Å²) >= 11 is 0. The van der Waals surface area contributed by atoms with E-state index in [9.17, 15) is 48.0 Å². The van der Waals surface area contributed by atoms with E-state index in [1.54, 1.807) is 0 Å². The van der Waals surface area contributed by atoms with Crippen LogP contribution in [-0.2, 0) is 29.2 Å². The molecular formula is C15H18F6O6S2. The van der Waals surface area contributed by atoms with Crippen LogP contribution in [0.3, 0.4) is 0 Å². The van der Waals surface area contributed by atoms with Crippen LogP contribution >= 0.6 is 0 Å². The molecule has 6 nitrogen and oxygen atoms in total. The predicted molar refractivity (Wildman–Crippen MR) is 87.4 cm³/mol. The second-order valence-electron chi connectivity index (χ2n) is 7.19. The molecule has 4 unspecified atom stereocenters. The van der Waals surface area contributed by atoms with Crippen molar-refractivity contribution in [1.82, 2.24) is 0 Å². The van der Waals surface area contributed by atoms with Crippen molar-refractivity contribution in [3.8, 4) is 0 Å². The van der Waals surface area contributed by atoms with Crippen molar-refractivity contribution in [1.29, 1.82) is 0 Å². The summed E-state index contributed by atoms with van der Waals surface area (Å²) < 4.78 is 123. The fourth-order valence-corrected chi connectivity index (χ4v) is 7.29. The van der Waals surface area contributed by atoms with E-state index >= 15 is 0 Å². The van der Waals surface area contributed by atoms with Crippen LogP contribution in [0.15, 0.2) is 12.2 Å². The van der Waals surface area contributed by atoms with Crippen molar-refractivity contribution in [2.24, 2.45) is 17.8 Å². The number of carbonyl (C=O) groups excluding carboxylic acids is 1. The number of carbonyl (C=O) groups is 1. The van der Waals surface area contributed by atoms with Crippen molar-refractivity contribution >= 4 is 25.6 Å². The largest absolute Gasteiger partial charge is 0.498 e. The van der Waals surface area contributed by atoms with Gasteiger partial charge in [0.15, 0.2) is 4.58 Å². The van der Waals surface area contributed by atoms with Gasteiger partial charge in [-0.15, -0.1) is 0 Å². The lowest BCUT2D eigenvalue weighted by Gasteiger charge is -2.24. The SMILES string of the molecule is CC(CC(S(=O)(=O)C(F)(F)F)S(=O)(=O)C(F)(F)F)OC(=O)CC1CC2C=CC1C2. The number of sulfone groups is 2. The summed E-state index contributed by atoms with van der Waals surface area (Å²) in [6.45, 7) is 0.837. The zero-order valence-electron chi connectivity index (χ0n) is 14.9. The molecule has 0 amide bonds. The van der Waals surface area contributed by atoms with Gasteiger partial charge in [-0.3, -0.25) is 4.79 Å². The first-order valence-corrected chi connectivity index (χ1v) is 11.5. The number of hydrogen-bond acceptors (Lipinski definition) is 6. The molecule has 29 heavy (non-hydrogen) atoms. The molecule has 0 heterocycles. The van der Waals surface area contributed by atoms with Crippen LogP contribution in [0, 0.1) is 17.8 Å². The van der Waals surface area contributed by atoms with E-state index in [1.165, 1.54) is 0 Å². The Bertz CT molecular complexity index is 830. The van der Waals surface area contributed by atoms with E-state index in [-0.39, 0.29) is 18.3 Å². The number of rotatable bonds is 7. The Hall–Kier alpha value is -1.31. The third-order valence-electron chi connectivity index (χ3n) is 5.04. The molecule has 0 aromatic heterocycles. The van der Waals surface area contributed by atoms with Crippen LogP contribution in [-0.4, -0.2) is 44.5 Å². The molecule has 1 fully saturated rings. The molecule has 2 bridgehead atoms. The summed E-state index contributed by atoms with van der Waals surface area (Å²) in [5, 5.41) is 0. The molecule has 168 valence electrons. The molecule has 0 N–H and O–H groups in total. The summed E-state index contributed by atoms with van der Waals surface area (Å²) in [4.78, 5) is 12.0. The number of hydrogen-bond donors (Lipinski definition) is 0. The van der Waals surface area contributed by atoms with Crippen LogP contribution in [0.5, 0.6) is 0 Å². The van der Waals surface area contributed by atoms with Crippen LogP contribution in [0.4, 0.5) is 26.3 Å². The number of alkyl halides is 6. The highest BCUT2D eigenvalue weighted by molar-refractivity contribution is 8.09. The molecule has 4 atom stereocenters. The molecule has 0 saturated heterocycles. The Kier molecular flexibility index (Phi) is 6.40. The van der Waals surface area contributed by atoms with Gasteiger partial charge in [-0.05, 0) is 37.5 Å². The van der Waals surface area contributed by atoms with Crippen molar-refractivity contribution in [2.45, 2.75) is 54.3 Å². The number of halogens is 6. The molecule has 2 aliphatic rings. The van der Waals surface area contributed by atoms with Gasteiger partial charge in [-0.25, -0.2) is 16.8 Å². The standard InChI is InChI=1S/C15H18F6O6S2/c1-8(27-12(22)7-11-6-9-2-3-10(11)5-9)4-13(28(23,24)14(16,17)18)29(25,26)15(19,20)21/h2-3,8-11,13H,4-7H2,1H3. The molecular weight excluding hydrogens is 454 g/mol. The average molecular weight is 472 g/mol. The molecule has 2 aliphatic carbocycles. The number of fused-ring (bicyclic) bond motifs is 2. The highest BCUT2D eigenvalue weighted by Gasteiger charge is 2.63. The lowest BCUT2D eigenvalue weighted by molar-refractivity contribution is -0.149. The highest BCUT2D eigenvalue weighted by atomic mass is 32.3. The van der Waals surface area contributed by atoms with Crippen molar-refractivity contribution in [3.63, 3.8) is 0 Å². The molecule has 1 saturated carbocycles. The molecule has 0 spiro atoms. The van der Waals surface area contributed by atoms with Gasteiger partial charge >= 0.3 is 17.0 Å². The van der Waals surface area contributed by atoms with Crippen molar-refractivity contribution in [3.05, 3.63) is 12.2 Å². The number of esters is 1. The quantitative estimate of drug-likeness (QED) is 0.321. The average Bonchev–Trinajstić information content (AvgIpc) is 3.12. The first kappa shape index (κ1) is 24.0. The smallest absolute Gasteiger partial charge is 0.463 e. The monoisotopic (exact) mass is 472 g/mol. The van der Waals surface area contributed by atoms with Gasteiger partial charge in [0.25, 0.3) is 19.7 Å². The van der Waals surface area contributed by atoms with Crippen LogP contribution < -0.4 is 0 Å². The van der Waals surface area contributed by atoms with Gasteiger partial charge < -0.3 is 4.74 Å². The van der Waals surface area contributed by atoms with Crippen molar-refractivity contribution < 1.29 is 52.7 Å². The van der Waals surface area contributed by atoms with E-state index < -0.39 is 53.8 Å². The van der Waals surface area contributed by atoms with Gasteiger partial charge in [0.05, 0.1) is 0 Å². The zero-order chi connectivity index (χ0) is 22.4. The zero-order valence-corrected chi connectivity index (χ0v) is 16.5. The topological polar surface area (TPSA) is 94.6 Å². The van der Waals surface area contributed by atoms with E-state index in [4.69, 9.17) is 4.74 Å². The minimum absolute atomic E-state index is 0.0988. The molecule has 0 radical (unpaired) electrons. The fraction of sp³-hybridized carbons (Fsp3) is 0.800.